The fourth-order valence-corrected chi connectivity index (χ4v) is 1.33. The zero-order valence-corrected chi connectivity index (χ0v) is 7.97. The number of aromatic nitrogens is 1. The molecule has 4 nitrogen and oxygen atoms in total. The van der Waals surface area contributed by atoms with Gasteiger partial charge < -0.3 is 15.8 Å². The Labute approximate surface area is 86.1 Å². The van der Waals surface area contributed by atoms with Gasteiger partial charge in [-0.25, -0.2) is 4.79 Å². The van der Waals surface area contributed by atoms with Crippen LogP contribution in [0.25, 0.3) is 10.9 Å². The third-order valence-corrected chi connectivity index (χ3v) is 1.96. The number of carboxylic acids is 1. The lowest BCUT2D eigenvalue weighted by atomic mass is 10.2. The van der Waals surface area contributed by atoms with E-state index < -0.39 is 5.97 Å². The summed E-state index contributed by atoms with van der Waals surface area (Å²) in [5.74, 6) is -1.03. The minimum absolute atomic E-state index is 0. The van der Waals surface area contributed by atoms with Crippen molar-refractivity contribution in [3.63, 3.8) is 0 Å². The SMILES string of the molecule is Cl.Nc1c(C(=O)O)[nH]c2ccccc12. The number of benzene rings is 1. The molecule has 4 N–H and O–H groups in total. The molecule has 74 valence electrons. The van der Waals surface area contributed by atoms with Crippen LogP contribution in [0.2, 0.25) is 0 Å². The number of hydrogen-bond donors (Lipinski definition) is 3. The van der Waals surface area contributed by atoms with E-state index in [2.05, 4.69) is 4.98 Å². The predicted molar refractivity (Wildman–Crippen MR) is 56.9 cm³/mol. The van der Waals surface area contributed by atoms with Gasteiger partial charge in [0.25, 0.3) is 0 Å². The minimum atomic E-state index is -1.03. The van der Waals surface area contributed by atoms with Gasteiger partial charge in [-0.3, -0.25) is 0 Å². The molecule has 1 aromatic heterocycles. The standard InChI is InChI=1S/C9H8N2O2.ClH/c10-7-5-3-1-2-4-6(5)11-8(7)9(12)13;/h1-4,11H,10H2,(H,12,13);1H. The quantitative estimate of drug-likeness (QED) is 0.675. The summed E-state index contributed by atoms with van der Waals surface area (Å²) in [7, 11) is 0. The first-order valence-electron chi connectivity index (χ1n) is 3.79. The third kappa shape index (κ3) is 1.40. The van der Waals surface area contributed by atoms with E-state index >= 15 is 0 Å². The van der Waals surface area contributed by atoms with E-state index in [0.717, 1.165) is 10.9 Å². The summed E-state index contributed by atoms with van der Waals surface area (Å²) in [6, 6.07) is 7.22. The van der Waals surface area contributed by atoms with Gasteiger partial charge >= 0.3 is 5.97 Å². The minimum Gasteiger partial charge on any atom is -0.477 e. The number of rotatable bonds is 1. The maximum atomic E-state index is 10.7. The van der Waals surface area contributed by atoms with Crippen LogP contribution in [0.3, 0.4) is 0 Å². The molecule has 0 aliphatic heterocycles. The summed E-state index contributed by atoms with van der Waals surface area (Å²) in [4.78, 5) is 13.4. The molecule has 1 heterocycles. The third-order valence-electron chi connectivity index (χ3n) is 1.96. The lowest BCUT2D eigenvalue weighted by molar-refractivity contribution is 0.0692. The fraction of sp³-hybridized carbons (Fsp3) is 0. The molecule has 0 amide bonds. The number of hydrogen-bond acceptors (Lipinski definition) is 2. The summed E-state index contributed by atoms with van der Waals surface area (Å²) >= 11 is 0. The Hall–Kier alpha value is -1.68. The molecule has 1 aromatic carbocycles. The Morgan fingerprint density at radius 2 is 2.00 bits per heavy atom. The molecule has 14 heavy (non-hydrogen) atoms. The van der Waals surface area contributed by atoms with Crippen LogP contribution in [0.4, 0.5) is 5.69 Å². The Kier molecular flexibility index (Phi) is 2.67. The highest BCUT2D eigenvalue weighted by molar-refractivity contribution is 6.04. The van der Waals surface area contributed by atoms with E-state index in [1.807, 2.05) is 12.1 Å². The Balaban J connectivity index is 0.000000980. The zero-order chi connectivity index (χ0) is 9.42. The molecule has 0 fully saturated rings. The number of nitrogen functional groups attached to an aromatic ring is 1. The van der Waals surface area contributed by atoms with Crippen LogP contribution < -0.4 is 5.73 Å². The molecule has 0 saturated carbocycles. The van der Waals surface area contributed by atoms with Crippen molar-refractivity contribution in [3.8, 4) is 0 Å². The van der Waals surface area contributed by atoms with Crippen LogP contribution >= 0.6 is 12.4 Å². The first-order chi connectivity index (χ1) is 6.20. The highest BCUT2D eigenvalue weighted by Crippen LogP contribution is 2.23. The fourth-order valence-electron chi connectivity index (χ4n) is 1.33. The highest BCUT2D eigenvalue weighted by atomic mass is 35.5. The molecule has 0 bridgehead atoms. The Bertz CT molecular complexity index is 479. The lowest BCUT2D eigenvalue weighted by Gasteiger charge is -1.90. The monoisotopic (exact) mass is 212 g/mol. The van der Waals surface area contributed by atoms with Crippen LogP contribution in [0, 0.1) is 0 Å². The average Bonchev–Trinajstić information content (AvgIpc) is 2.45. The molecule has 0 aliphatic rings. The number of fused-ring (bicyclic) bond motifs is 1. The Morgan fingerprint density at radius 1 is 1.36 bits per heavy atom. The molecule has 0 saturated heterocycles. The van der Waals surface area contributed by atoms with Crippen molar-refractivity contribution in [3.05, 3.63) is 30.0 Å². The normalized spacial score (nSPS) is 9.71. The number of aromatic amines is 1. The number of para-hydroxylation sites is 1. The second-order valence-electron chi connectivity index (χ2n) is 2.76. The number of carbonyl (C=O) groups is 1. The van der Waals surface area contributed by atoms with E-state index in [4.69, 9.17) is 10.8 Å². The van der Waals surface area contributed by atoms with E-state index in [1.165, 1.54) is 0 Å². The van der Waals surface area contributed by atoms with Gasteiger partial charge in [-0.1, -0.05) is 18.2 Å². The van der Waals surface area contributed by atoms with Crippen molar-refractivity contribution in [2.24, 2.45) is 0 Å². The van der Waals surface area contributed by atoms with E-state index in [9.17, 15) is 4.79 Å². The summed E-state index contributed by atoms with van der Waals surface area (Å²) in [6.45, 7) is 0. The predicted octanol–water partition coefficient (Wildman–Crippen LogP) is 1.87. The van der Waals surface area contributed by atoms with Gasteiger partial charge in [0.1, 0.15) is 5.69 Å². The maximum Gasteiger partial charge on any atom is 0.354 e. The first kappa shape index (κ1) is 10.4. The summed E-state index contributed by atoms with van der Waals surface area (Å²) in [6.07, 6.45) is 0. The van der Waals surface area contributed by atoms with Crippen LogP contribution in [0.15, 0.2) is 24.3 Å². The first-order valence-corrected chi connectivity index (χ1v) is 3.79. The molecule has 5 heteroatoms. The van der Waals surface area contributed by atoms with E-state index in [0.29, 0.717) is 5.69 Å². The van der Waals surface area contributed by atoms with Gasteiger partial charge in [-0.15, -0.1) is 12.4 Å². The summed E-state index contributed by atoms with van der Waals surface area (Å²) in [5.41, 5.74) is 6.73. The molecule has 0 unspecified atom stereocenters. The molecule has 2 rings (SSSR count). The number of halogens is 1. The Morgan fingerprint density at radius 3 is 2.57 bits per heavy atom. The zero-order valence-electron chi connectivity index (χ0n) is 7.15. The topological polar surface area (TPSA) is 79.1 Å². The summed E-state index contributed by atoms with van der Waals surface area (Å²) < 4.78 is 0. The molecule has 0 radical (unpaired) electrons. The average molecular weight is 213 g/mol. The number of nitrogens with two attached hydrogens (primary N) is 1. The van der Waals surface area contributed by atoms with Crippen LogP contribution in [-0.4, -0.2) is 16.1 Å². The van der Waals surface area contributed by atoms with E-state index in [-0.39, 0.29) is 18.1 Å². The van der Waals surface area contributed by atoms with Crippen LogP contribution in [0.1, 0.15) is 10.5 Å². The lowest BCUT2D eigenvalue weighted by Crippen LogP contribution is -2.00. The largest absolute Gasteiger partial charge is 0.477 e. The number of nitrogens with one attached hydrogen (secondary N) is 1. The number of aromatic carboxylic acids is 1. The van der Waals surface area contributed by atoms with Gasteiger partial charge in [0.2, 0.25) is 0 Å². The second-order valence-corrected chi connectivity index (χ2v) is 2.76. The van der Waals surface area contributed by atoms with Gasteiger partial charge in [0.05, 0.1) is 5.69 Å². The van der Waals surface area contributed by atoms with Crippen molar-refractivity contribution in [2.75, 3.05) is 5.73 Å². The van der Waals surface area contributed by atoms with Crippen LogP contribution in [0.5, 0.6) is 0 Å². The molecule has 0 atom stereocenters. The maximum absolute atomic E-state index is 10.7. The number of H-pyrrole nitrogens is 1. The van der Waals surface area contributed by atoms with Crippen molar-refractivity contribution in [1.82, 2.24) is 4.98 Å². The van der Waals surface area contributed by atoms with Gasteiger partial charge in [0.15, 0.2) is 0 Å². The van der Waals surface area contributed by atoms with Crippen LogP contribution in [-0.2, 0) is 0 Å². The number of anilines is 1. The highest BCUT2D eigenvalue weighted by Gasteiger charge is 2.13. The van der Waals surface area contributed by atoms with Crippen molar-refractivity contribution in [2.45, 2.75) is 0 Å². The van der Waals surface area contributed by atoms with Crippen molar-refractivity contribution >= 4 is 35.0 Å². The smallest absolute Gasteiger partial charge is 0.354 e. The number of carboxylic acid groups (broad SMARTS) is 1. The molecule has 0 spiro atoms. The van der Waals surface area contributed by atoms with Crippen molar-refractivity contribution < 1.29 is 9.90 Å². The van der Waals surface area contributed by atoms with Gasteiger partial charge in [-0.2, -0.15) is 0 Å². The van der Waals surface area contributed by atoms with E-state index in [1.54, 1.807) is 12.1 Å². The van der Waals surface area contributed by atoms with Gasteiger partial charge in [-0.05, 0) is 6.07 Å². The second kappa shape index (κ2) is 3.59. The molecular weight excluding hydrogens is 204 g/mol. The van der Waals surface area contributed by atoms with Crippen molar-refractivity contribution in [1.29, 1.82) is 0 Å². The van der Waals surface area contributed by atoms with Gasteiger partial charge in [0, 0.05) is 10.9 Å². The molecular formula is C9H9ClN2O2. The molecule has 0 aliphatic carbocycles. The summed E-state index contributed by atoms with van der Waals surface area (Å²) in [5, 5.41) is 9.51. The molecule has 2 aromatic rings.